The summed E-state index contributed by atoms with van der Waals surface area (Å²) in [5, 5.41) is 1.80. The Kier molecular flexibility index (Phi) is 4.90. The van der Waals surface area contributed by atoms with Crippen molar-refractivity contribution >= 4 is 29.1 Å². The number of amides is 2. The van der Waals surface area contributed by atoms with Gasteiger partial charge in [-0.05, 0) is 17.0 Å². The first-order chi connectivity index (χ1) is 12.5. The molecule has 1 atom stereocenters. The normalized spacial score (nSPS) is 17.5. The van der Waals surface area contributed by atoms with Crippen molar-refractivity contribution < 1.29 is 19.1 Å². The smallest absolute Gasteiger partial charge is 0.355 e. The van der Waals surface area contributed by atoms with Gasteiger partial charge in [0, 0.05) is 14.1 Å². The zero-order valence-corrected chi connectivity index (χ0v) is 15.4. The highest BCUT2D eigenvalue weighted by molar-refractivity contribution is 7.12. The number of carbonyl (C=O) groups is 3. The topological polar surface area (TPSA) is 66.9 Å². The van der Waals surface area contributed by atoms with Crippen molar-refractivity contribution in [3.63, 3.8) is 0 Å². The van der Waals surface area contributed by atoms with Gasteiger partial charge in [0.05, 0.1) is 23.6 Å². The molecule has 1 aromatic carbocycles. The highest BCUT2D eigenvalue weighted by Gasteiger charge is 2.43. The molecular formula is C19H18N2O4S. The van der Waals surface area contributed by atoms with E-state index < -0.39 is 12.0 Å². The van der Waals surface area contributed by atoms with Gasteiger partial charge in [-0.15, -0.1) is 11.3 Å². The van der Waals surface area contributed by atoms with Crippen LogP contribution in [0.2, 0.25) is 0 Å². The van der Waals surface area contributed by atoms with Crippen molar-refractivity contribution in [3.05, 3.63) is 69.6 Å². The Morgan fingerprint density at radius 2 is 1.77 bits per heavy atom. The van der Waals surface area contributed by atoms with Crippen LogP contribution in [0.4, 0.5) is 4.79 Å². The second-order valence-electron chi connectivity index (χ2n) is 5.83. The molecule has 0 saturated carbocycles. The van der Waals surface area contributed by atoms with Gasteiger partial charge in [0.1, 0.15) is 5.70 Å². The molecule has 1 aliphatic rings. The number of likely N-dealkylation sites (N-methyl/N-ethyl adjacent to an activating group) is 2. The van der Waals surface area contributed by atoms with Crippen LogP contribution in [0, 0.1) is 0 Å². The highest BCUT2D eigenvalue weighted by Crippen LogP contribution is 2.38. The van der Waals surface area contributed by atoms with E-state index in [0.717, 1.165) is 5.56 Å². The number of hydrogen-bond acceptors (Lipinski definition) is 5. The Balaban J connectivity index is 2.28. The third-order valence-corrected chi connectivity index (χ3v) is 5.19. The third kappa shape index (κ3) is 2.90. The molecule has 0 bridgehead atoms. The number of methoxy groups -OCH3 is 1. The first-order valence-electron chi connectivity index (χ1n) is 7.93. The molecule has 0 saturated heterocycles. The van der Waals surface area contributed by atoms with E-state index >= 15 is 0 Å². The zero-order chi connectivity index (χ0) is 18.8. The van der Waals surface area contributed by atoms with Crippen LogP contribution in [0.3, 0.4) is 0 Å². The summed E-state index contributed by atoms with van der Waals surface area (Å²) in [5.74, 6) is -1.00. The van der Waals surface area contributed by atoms with Gasteiger partial charge in [0.2, 0.25) is 5.78 Å². The van der Waals surface area contributed by atoms with Crippen LogP contribution in [0.15, 0.2) is 59.1 Å². The molecule has 6 nitrogen and oxygen atoms in total. The van der Waals surface area contributed by atoms with Gasteiger partial charge in [0.25, 0.3) is 0 Å². The van der Waals surface area contributed by atoms with E-state index in [4.69, 9.17) is 4.74 Å². The fourth-order valence-corrected chi connectivity index (χ4v) is 3.77. The van der Waals surface area contributed by atoms with Crippen LogP contribution in [-0.4, -0.2) is 48.8 Å². The summed E-state index contributed by atoms with van der Waals surface area (Å²) in [4.78, 5) is 41.5. The Bertz CT molecular complexity index is 874. The number of ether oxygens (including phenoxy) is 1. The molecule has 0 fully saturated rings. The highest BCUT2D eigenvalue weighted by atomic mass is 32.1. The van der Waals surface area contributed by atoms with Gasteiger partial charge < -0.3 is 9.64 Å². The van der Waals surface area contributed by atoms with Crippen molar-refractivity contribution in [2.24, 2.45) is 0 Å². The first kappa shape index (κ1) is 17.9. The lowest BCUT2D eigenvalue weighted by atomic mass is 9.90. The number of thiophene rings is 1. The number of nitrogens with zero attached hydrogens (tertiary/aromatic N) is 2. The Hall–Kier alpha value is -2.93. The average molecular weight is 370 g/mol. The van der Waals surface area contributed by atoms with Crippen LogP contribution in [0.25, 0.3) is 0 Å². The van der Waals surface area contributed by atoms with E-state index in [1.165, 1.54) is 35.3 Å². The molecule has 2 aromatic rings. The van der Waals surface area contributed by atoms with E-state index in [1.807, 2.05) is 30.3 Å². The standard InChI is InChI=1S/C19H18N2O4S/c1-20-15(12-8-5-4-6-9-12)14(17(22)13-10-7-11-26-13)16(18(23)25-3)21(2)19(20)24/h4-11,15H,1-3H3/t15-/m0/s1. The van der Waals surface area contributed by atoms with E-state index in [1.54, 1.807) is 24.6 Å². The van der Waals surface area contributed by atoms with Gasteiger partial charge in [-0.25, -0.2) is 9.59 Å². The summed E-state index contributed by atoms with van der Waals surface area (Å²) in [6, 6.07) is 11.6. The lowest BCUT2D eigenvalue weighted by Gasteiger charge is -2.39. The number of Topliss-reactive ketones (excluding diaryl/α,β-unsaturated/α-hetero) is 1. The summed E-state index contributed by atoms with van der Waals surface area (Å²) in [5.41, 5.74) is 0.954. The van der Waals surface area contributed by atoms with Crippen LogP contribution >= 0.6 is 11.3 Å². The van der Waals surface area contributed by atoms with Gasteiger partial charge >= 0.3 is 12.0 Å². The number of rotatable bonds is 4. The lowest BCUT2D eigenvalue weighted by Crippen LogP contribution is -2.49. The molecule has 134 valence electrons. The predicted molar refractivity (Wildman–Crippen MR) is 97.8 cm³/mol. The first-order valence-corrected chi connectivity index (χ1v) is 8.81. The number of hydrogen-bond donors (Lipinski definition) is 0. The molecule has 2 heterocycles. The third-order valence-electron chi connectivity index (χ3n) is 4.32. The van der Waals surface area contributed by atoms with E-state index in [9.17, 15) is 14.4 Å². The maximum absolute atomic E-state index is 13.3. The molecule has 7 heteroatoms. The summed E-state index contributed by atoms with van der Waals surface area (Å²) in [7, 11) is 4.32. The molecule has 0 N–H and O–H groups in total. The largest absolute Gasteiger partial charge is 0.464 e. The minimum absolute atomic E-state index is 0.0251. The second kappa shape index (κ2) is 7.13. The van der Waals surface area contributed by atoms with Gasteiger partial charge in [-0.1, -0.05) is 36.4 Å². The lowest BCUT2D eigenvalue weighted by molar-refractivity contribution is -0.137. The zero-order valence-electron chi connectivity index (χ0n) is 14.6. The molecule has 3 rings (SSSR count). The number of benzene rings is 1. The average Bonchev–Trinajstić information content (AvgIpc) is 3.20. The predicted octanol–water partition coefficient (Wildman–Crippen LogP) is 3.10. The summed E-state index contributed by atoms with van der Waals surface area (Å²) >= 11 is 1.29. The molecule has 1 aromatic heterocycles. The van der Waals surface area contributed by atoms with Crippen LogP contribution in [0.5, 0.6) is 0 Å². The van der Waals surface area contributed by atoms with E-state index in [0.29, 0.717) is 4.88 Å². The van der Waals surface area contributed by atoms with Crippen molar-refractivity contribution in [2.75, 3.05) is 21.2 Å². The number of carbonyl (C=O) groups excluding carboxylic acids is 3. The minimum atomic E-state index is -0.713. The number of esters is 1. The van der Waals surface area contributed by atoms with Crippen molar-refractivity contribution in [1.29, 1.82) is 0 Å². The minimum Gasteiger partial charge on any atom is -0.464 e. The molecule has 2 amide bonds. The van der Waals surface area contributed by atoms with E-state index in [-0.39, 0.29) is 23.1 Å². The molecule has 0 aliphatic carbocycles. The van der Waals surface area contributed by atoms with Crippen molar-refractivity contribution in [3.8, 4) is 0 Å². The van der Waals surface area contributed by atoms with Gasteiger partial charge in [-0.3, -0.25) is 9.69 Å². The molecule has 26 heavy (non-hydrogen) atoms. The fourth-order valence-electron chi connectivity index (χ4n) is 3.09. The molecule has 0 unspecified atom stereocenters. The van der Waals surface area contributed by atoms with Crippen LogP contribution in [-0.2, 0) is 9.53 Å². The fraction of sp³-hybridized carbons (Fsp3) is 0.211. The van der Waals surface area contributed by atoms with Crippen molar-refractivity contribution in [1.82, 2.24) is 9.80 Å². The molecule has 0 spiro atoms. The van der Waals surface area contributed by atoms with Gasteiger partial charge in [-0.2, -0.15) is 0 Å². The Morgan fingerprint density at radius 1 is 1.08 bits per heavy atom. The maximum atomic E-state index is 13.3. The number of ketones is 1. The monoisotopic (exact) mass is 370 g/mol. The second-order valence-corrected chi connectivity index (χ2v) is 6.77. The summed E-state index contributed by atoms with van der Waals surface area (Å²) < 4.78 is 4.87. The Labute approximate surface area is 155 Å². The van der Waals surface area contributed by atoms with E-state index in [2.05, 4.69) is 0 Å². The molecule has 0 radical (unpaired) electrons. The molecular weight excluding hydrogens is 352 g/mol. The summed E-state index contributed by atoms with van der Waals surface area (Å²) in [6.45, 7) is 0. The van der Waals surface area contributed by atoms with Crippen LogP contribution < -0.4 is 0 Å². The SMILES string of the molecule is COC(=O)C1=C(C(=O)c2cccs2)[C@H](c2ccccc2)N(C)C(=O)N1C. The maximum Gasteiger partial charge on any atom is 0.355 e. The van der Waals surface area contributed by atoms with Gasteiger partial charge in [0.15, 0.2) is 0 Å². The van der Waals surface area contributed by atoms with Crippen LogP contribution in [0.1, 0.15) is 21.3 Å². The Morgan fingerprint density at radius 3 is 2.35 bits per heavy atom. The summed E-state index contributed by atoms with van der Waals surface area (Å²) in [6.07, 6.45) is 0. The number of urea groups is 1. The molecule has 1 aliphatic heterocycles. The van der Waals surface area contributed by atoms with Crippen molar-refractivity contribution in [2.45, 2.75) is 6.04 Å². The quantitative estimate of drug-likeness (QED) is 0.613.